The average molecular weight is 512 g/mol. The van der Waals surface area contributed by atoms with Crippen LogP contribution in [-0.4, -0.2) is 73.4 Å². The molecule has 37 heavy (non-hydrogen) atoms. The number of ether oxygens (including phenoxy) is 2. The number of benzene rings is 2. The van der Waals surface area contributed by atoms with E-state index in [9.17, 15) is 14.7 Å². The average Bonchev–Trinajstić information content (AvgIpc) is 3.29. The molecule has 2 atom stereocenters. The highest BCUT2D eigenvalue weighted by atomic mass is 16.6. The van der Waals surface area contributed by atoms with Crippen molar-refractivity contribution in [1.29, 1.82) is 0 Å². The van der Waals surface area contributed by atoms with Gasteiger partial charge in [-0.25, -0.2) is 4.79 Å². The minimum absolute atomic E-state index is 0.000226. The first-order chi connectivity index (χ1) is 17.6. The number of carbonyl (C=O) groups excluding carboxylic acids is 2. The van der Waals surface area contributed by atoms with Gasteiger partial charge in [-0.3, -0.25) is 9.69 Å². The Morgan fingerprint density at radius 2 is 1.92 bits per heavy atom. The zero-order valence-corrected chi connectivity index (χ0v) is 22.7. The lowest BCUT2D eigenvalue weighted by atomic mass is 10.0. The van der Waals surface area contributed by atoms with Crippen LogP contribution in [0.2, 0.25) is 0 Å². The number of carbonyl (C=O) groups is 2. The fraction of sp³-hybridized carbons (Fsp3) is 0.517. The molecule has 0 aliphatic carbocycles. The second kappa shape index (κ2) is 12.9. The van der Waals surface area contributed by atoms with Crippen molar-refractivity contribution in [3.63, 3.8) is 0 Å². The van der Waals surface area contributed by atoms with Crippen LogP contribution < -0.4 is 15.0 Å². The highest BCUT2D eigenvalue weighted by Gasteiger charge is 2.29. The monoisotopic (exact) mass is 511 g/mol. The van der Waals surface area contributed by atoms with E-state index in [1.807, 2.05) is 83.3 Å². The van der Waals surface area contributed by atoms with Crippen molar-refractivity contribution in [2.45, 2.75) is 58.3 Å². The smallest absolute Gasteiger partial charge is 0.344 e. The fourth-order valence-corrected chi connectivity index (χ4v) is 4.38. The molecule has 2 aromatic rings. The molecule has 1 amide bonds. The maximum Gasteiger partial charge on any atom is 0.344 e. The van der Waals surface area contributed by atoms with Gasteiger partial charge in [0.25, 0.3) is 5.91 Å². The van der Waals surface area contributed by atoms with Crippen LogP contribution in [0.4, 0.5) is 5.69 Å². The molecule has 1 aliphatic rings. The third-order valence-corrected chi connectivity index (χ3v) is 6.21. The molecule has 0 radical (unpaired) electrons. The van der Waals surface area contributed by atoms with Crippen molar-refractivity contribution in [3.8, 4) is 5.75 Å². The van der Waals surface area contributed by atoms with Crippen LogP contribution in [-0.2, 0) is 9.53 Å². The van der Waals surface area contributed by atoms with Crippen LogP contribution in [0.3, 0.4) is 0 Å². The molecule has 0 unspecified atom stereocenters. The lowest BCUT2D eigenvalue weighted by Crippen LogP contribution is -2.36. The second-order valence-electron chi connectivity index (χ2n) is 10.6. The molecule has 0 saturated carbocycles. The summed E-state index contributed by atoms with van der Waals surface area (Å²) < 4.78 is 11.1. The number of anilines is 1. The van der Waals surface area contributed by atoms with Crippen molar-refractivity contribution in [2.24, 2.45) is 0 Å². The van der Waals surface area contributed by atoms with Gasteiger partial charge in [-0.2, -0.15) is 0 Å². The number of aliphatic hydroxyl groups excluding tert-OH is 1. The van der Waals surface area contributed by atoms with E-state index in [1.165, 1.54) is 0 Å². The number of esters is 1. The summed E-state index contributed by atoms with van der Waals surface area (Å²) in [5, 5.41) is 13.1. The Morgan fingerprint density at radius 3 is 2.54 bits per heavy atom. The number of nitrogens with one attached hydrogen (secondary N) is 1. The lowest BCUT2D eigenvalue weighted by molar-refractivity contribution is -0.157. The Bertz CT molecular complexity index is 1030. The second-order valence-corrected chi connectivity index (χ2v) is 10.6. The van der Waals surface area contributed by atoms with Gasteiger partial charge >= 0.3 is 5.97 Å². The highest BCUT2D eigenvalue weighted by molar-refractivity contribution is 5.94. The SMILES string of the molecule is CCCNC(=O)c1ccc(N(C)C[C@H](c2cccc(OCC(=O)OC(C)(C)C)c2)N2CC[C@H](O)C2)cc1. The van der Waals surface area contributed by atoms with Gasteiger partial charge in [0.1, 0.15) is 11.4 Å². The number of likely N-dealkylation sites (tertiary alicyclic amines) is 1. The first kappa shape index (κ1) is 28.5. The number of aliphatic hydroxyl groups is 1. The number of β-amino-alcohol motifs (C(OH)–C–C–N with tert-alkyl or cyclic N) is 1. The molecule has 0 spiro atoms. The molecule has 2 N–H and O–H groups in total. The van der Waals surface area contributed by atoms with Crippen molar-refractivity contribution in [2.75, 3.05) is 44.7 Å². The molecule has 2 aromatic carbocycles. The molecule has 1 saturated heterocycles. The molecule has 1 aliphatic heterocycles. The maximum atomic E-state index is 12.3. The number of amides is 1. The van der Waals surface area contributed by atoms with E-state index in [2.05, 4.69) is 15.1 Å². The van der Waals surface area contributed by atoms with Crippen LogP contribution in [0.1, 0.15) is 62.5 Å². The molecule has 8 heteroatoms. The predicted octanol–water partition coefficient (Wildman–Crippen LogP) is 3.79. The van der Waals surface area contributed by atoms with Crippen LogP contribution in [0.5, 0.6) is 5.75 Å². The van der Waals surface area contributed by atoms with Gasteiger partial charge in [-0.1, -0.05) is 19.1 Å². The summed E-state index contributed by atoms with van der Waals surface area (Å²) in [5.41, 5.74) is 2.11. The Kier molecular flexibility index (Phi) is 9.94. The number of likely N-dealkylation sites (N-methyl/N-ethyl adjacent to an activating group) is 1. The number of nitrogens with zero attached hydrogens (tertiary/aromatic N) is 2. The van der Waals surface area contributed by atoms with Crippen LogP contribution in [0, 0.1) is 0 Å². The van der Waals surface area contributed by atoms with Gasteiger partial charge in [0, 0.05) is 44.5 Å². The molecular weight excluding hydrogens is 470 g/mol. The standard InChI is InChI=1S/C29H41N3O5/c1-6-15-30-28(35)21-10-12-23(13-11-21)31(5)19-26(32-16-14-24(33)18-32)22-8-7-9-25(17-22)36-20-27(34)37-29(2,3)4/h7-13,17,24,26,33H,6,14-16,18-20H2,1-5H3,(H,30,35)/t24-,26+/m0/s1. The molecular formula is C29H41N3O5. The molecule has 0 aromatic heterocycles. The van der Waals surface area contributed by atoms with Gasteiger partial charge in [0.05, 0.1) is 12.1 Å². The molecule has 0 bridgehead atoms. The summed E-state index contributed by atoms with van der Waals surface area (Å²) in [6.45, 7) is 10.1. The Balaban J connectivity index is 1.73. The zero-order chi connectivity index (χ0) is 27.0. The van der Waals surface area contributed by atoms with Gasteiger partial charge in [0.2, 0.25) is 0 Å². The zero-order valence-electron chi connectivity index (χ0n) is 22.7. The van der Waals surface area contributed by atoms with Crippen LogP contribution in [0.15, 0.2) is 48.5 Å². The Labute approximate surface area is 220 Å². The summed E-state index contributed by atoms with van der Waals surface area (Å²) in [4.78, 5) is 28.8. The number of hydrogen-bond acceptors (Lipinski definition) is 7. The Morgan fingerprint density at radius 1 is 1.19 bits per heavy atom. The fourth-order valence-electron chi connectivity index (χ4n) is 4.38. The van der Waals surface area contributed by atoms with E-state index in [4.69, 9.17) is 9.47 Å². The maximum absolute atomic E-state index is 12.3. The van der Waals surface area contributed by atoms with Crippen molar-refractivity contribution < 1.29 is 24.2 Å². The Hall–Kier alpha value is -3.10. The number of rotatable bonds is 11. The minimum atomic E-state index is -0.563. The van der Waals surface area contributed by atoms with Gasteiger partial charge in [-0.15, -0.1) is 0 Å². The van der Waals surface area contributed by atoms with Gasteiger partial charge < -0.3 is 24.8 Å². The van der Waals surface area contributed by atoms with Gasteiger partial charge in [0.15, 0.2) is 6.61 Å². The van der Waals surface area contributed by atoms with E-state index in [-0.39, 0.29) is 24.7 Å². The topological polar surface area (TPSA) is 91.3 Å². The molecule has 202 valence electrons. The van der Waals surface area contributed by atoms with Gasteiger partial charge in [-0.05, 0) is 75.6 Å². The van der Waals surface area contributed by atoms with Crippen LogP contribution >= 0.6 is 0 Å². The van der Waals surface area contributed by atoms with Crippen molar-refractivity contribution in [3.05, 3.63) is 59.7 Å². The molecule has 3 rings (SSSR count). The lowest BCUT2D eigenvalue weighted by Gasteiger charge is -2.33. The molecule has 8 nitrogen and oxygen atoms in total. The molecule has 1 heterocycles. The third kappa shape index (κ3) is 8.76. The summed E-state index contributed by atoms with van der Waals surface area (Å²) >= 11 is 0. The highest BCUT2D eigenvalue weighted by Crippen LogP contribution is 2.30. The third-order valence-electron chi connectivity index (χ3n) is 6.21. The number of hydrogen-bond donors (Lipinski definition) is 2. The minimum Gasteiger partial charge on any atom is -0.482 e. The van der Waals surface area contributed by atoms with Crippen molar-refractivity contribution in [1.82, 2.24) is 10.2 Å². The first-order valence-electron chi connectivity index (χ1n) is 13.0. The summed E-state index contributed by atoms with van der Waals surface area (Å²) in [5.74, 6) is 0.116. The van der Waals surface area contributed by atoms with E-state index in [0.717, 1.165) is 30.6 Å². The summed E-state index contributed by atoms with van der Waals surface area (Å²) in [6, 6.07) is 15.3. The largest absolute Gasteiger partial charge is 0.482 e. The van der Waals surface area contributed by atoms with Crippen LogP contribution in [0.25, 0.3) is 0 Å². The first-order valence-corrected chi connectivity index (χ1v) is 13.0. The van der Waals surface area contributed by atoms with E-state index < -0.39 is 11.6 Å². The summed E-state index contributed by atoms with van der Waals surface area (Å²) in [7, 11) is 2.02. The predicted molar refractivity (Wildman–Crippen MR) is 145 cm³/mol. The normalized spacial score (nSPS) is 16.8. The van der Waals surface area contributed by atoms with E-state index in [1.54, 1.807) is 0 Å². The van der Waals surface area contributed by atoms with E-state index in [0.29, 0.717) is 30.9 Å². The quantitative estimate of drug-likeness (QED) is 0.444. The van der Waals surface area contributed by atoms with Crippen molar-refractivity contribution >= 4 is 17.6 Å². The molecule has 1 fully saturated rings. The summed E-state index contributed by atoms with van der Waals surface area (Å²) in [6.07, 6.45) is 1.28. The van der Waals surface area contributed by atoms with E-state index >= 15 is 0 Å².